The summed E-state index contributed by atoms with van der Waals surface area (Å²) in [6.45, 7) is 4.33. The van der Waals surface area contributed by atoms with Crippen LogP contribution in [0.25, 0.3) is 0 Å². The molecule has 2 saturated heterocycles. The van der Waals surface area contributed by atoms with E-state index in [-0.39, 0.29) is 6.10 Å². The molecule has 2 bridgehead atoms. The van der Waals surface area contributed by atoms with E-state index in [1.165, 1.54) is 0 Å². The third kappa shape index (κ3) is 1.75. The first-order valence-corrected chi connectivity index (χ1v) is 5.48. The van der Waals surface area contributed by atoms with Gasteiger partial charge in [0.25, 0.3) is 0 Å². The number of hydrogen-bond acceptors (Lipinski definition) is 2. The zero-order valence-electron chi connectivity index (χ0n) is 8.62. The van der Waals surface area contributed by atoms with Gasteiger partial charge in [-0.1, -0.05) is 13.8 Å². The van der Waals surface area contributed by atoms with E-state index in [0.717, 1.165) is 32.1 Å². The van der Waals surface area contributed by atoms with Gasteiger partial charge in [0.05, 0.1) is 17.8 Å². The lowest BCUT2D eigenvalue weighted by Gasteiger charge is -2.39. The summed E-state index contributed by atoms with van der Waals surface area (Å²) >= 11 is 0. The molecule has 2 heteroatoms. The van der Waals surface area contributed by atoms with Crippen molar-refractivity contribution < 1.29 is 9.84 Å². The highest BCUT2D eigenvalue weighted by atomic mass is 16.5. The van der Waals surface area contributed by atoms with Crippen LogP contribution in [-0.2, 0) is 4.74 Å². The number of ether oxygens (including phenoxy) is 1. The van der Waals surface area contributed by atoms with Gasteiger partial charge in [-0.25, -0.2) is 0 Å². The highest BCUT2D eigenvalue weighted by Gasteiger charge is 2.46. The molecule has 2 nitrogen and oxygen atoms in total. The van der Waals surface area contributed by atoms with Crippen LogP contribution in [0, 0.1) is 5.92 Å². The average molecular weight is 184 g/mol. The summed E-state index contributed by atoms with van der Waals surface area (Å²) in [6, 6.07) is 0. The van der Waals surface area contributed by atoms with Crippen LogP contribution in [0.15, 0.2) is 0 Å². The third-order valence-electron chi connectivity index (χ3n) is 3.37. The first-order chi connectivity index (χ1) is 6.10. The molecule has 2 fully saturated rings. The summed E-state index contributed by atoms with van der Waals surface area (Å²) in [7, 11) is 0. The Morgan fingerprint density at radius 2 is 2.15 bits per heavy atom. The molecular weight excluding hydrogens is 164 g/mol. The highest BCUT2D eigenvalue weighted by molar-refractivity contribution is 4.97. The maximum Gasteiger partial charge on any atom is 0.0911 e. The Labute approximate surface area is 80.3 Å². The van der Waals surface area contributed by atoms with Crippen LogP contribution in [-0.4, -0.2) is 22.9 Å². The second kappa shape index (κ2) is 3.25. The van der Waals surface area contributed by atoms with Crippen LogP contribution >= 0.6 is 0 Å². The fraction of sp³-hybridized carbons (Fsp3) is 1.00. The lowest BCUT2D eigenvalue weighted by Crippen LogP contribution is -2.46. The molecule has 2 heterocycles. The molecule has 0 aromatic rings. The van der Waals surface area contributed by atoms with Gasteiger partial charge in [0.15, 0.2) is 0 Å². The van der Waals surface area contributed by atoms with Gasteiger partial charge >= 0.3 is 0 Å². The molecule has 2 rings (SSSR count). The molecule has 0 aromatic heterocycles. The average Bonchev–Trinajstić information content (AvgIpc) is 2.42. The van der Waals surface area contributed by atoms with E-state index in [1.807, 2.05) is 0 Å². The van der Waals surface area contributed by atoms with Gasteiger partial charge in [-0.2, -0.15) is 0 Å². The largest absolute Gasteiger partial charge is 0.387 e. The summed E-state index contributed by atoms with van der Waals surface area (Å²) < 4.78 is 5.76. The van der Waals surface area contributed by atoms with Gasteiger partial charge in [0.2, 0.25) is 0 Å². The first kappa shape index (κ1) is 9.47. The van der Waals surface area contributed by atoms with Crippen molar-refractivity contribution in [2.45, 2.75) is 63.8 Å². The summed E-state index contributed by atoms with van der Waals surface area (Å²) in [5.74, 6) is 0.561. The molecule has 3 atom stereocenters. The first-order valence-electron chi connectivity index (χ1n) is 5.48. The molecule has 0 aromatic carbocycles. The maximum absolute atomic E-state index is 10.4. The van der Waals surface area contributed by atoms with E-state index in [0.29, 0.717) is 12.0 Å². The zero-order valence-corrected chi connectivity index (χ0v) is 8.62. The van der Waals surface area contributed by atoms with E-state index in [2.05, 4.69) is 13.8 Å². The minimum atomic E-state index is -0.513. The smallest absolute Gasteiger partial charge is 0.0911 e. The zero-order chi connectivity index (χ0) is 9.47. The highest BCUT2D eigenvalue weighted by Crippen LogP contribution is 2.41. The van der Waals surface area contributed by atoms with Crippen LogP contribution in [0.1, 0.15) is 46.0 Å². The van der Waals surface area contributed by atoms with Crippen LogP contribution < -0.4 is 0 Å². The fourth-order valence-corrected chi connectivity index (χ4v) is 2.83. The predicted octanol–water partition coefficient (Wildman–Crippen LogP) is 2.10. The van der Waals surface area contributed by atoms with Crippen LogP contribution in [0.4, 0.5) is 0 Å². The summed E-state index contributed by atoms with van der Waals surface area (Å²) in [5, 5.41) is 10.4. The van der Waals surface area contributed by atoms with E-state index < -0.39 is 5.60 Å². The van der Waals surface area contributed by atoms with Crippen LogP contribution in [0.2, 0.25) is 0 Å². The Hall–Kier alpha value is -0.0800. The van der Waals surface area contributed by atoms with Gasteiger partial charge in [-0.3, -0.25) is 0 Å². The second-order valence-electron chi connectivity index (χ2n) is 5.06. The van der Waals surface area contributed by atoms with E-state index in [1.54, 1.807) is 0 Å². The topological polar surface area (TPSA) is 29.5 Å². The standard InChI is InChI=1S/C11H20O2/c1-8(2)7-11(12)6-5-9-3-4-10(11)13-9/h8-10,12H,3-7H2,1-2H3. The van der Waals surface area contributed by atoms with Gasteiger partial charge in [-0.05, 0) is 38.0 Å². The Balaban J connectivity index is 2.04. The van der Waals surface area contributed by atoms with Crippen molar-refractivity contribution >= 4 is 0 Å². The van der Waals surface area contributed by atoms with E-state index in [4.69, 9.17) is 4.74 Å². The molecule has 13 heavy (non-hydrogen) atoms. The van der Waals surface area contributed by atoms with Gasteiger partial charge in [0, 0.05) is 0 Å². The number of fused-ring (bicyclic) bond motifs is 2. The summed E-state index contributed by atoms with van der Waals surface area (Å²) in [6.07, 6.45) is 5.70. The van der Waals surface area contributed by atoms with Gasteiger partial charge in [-0.15, -0.1) is 0 Å². The van der Waals surface area contributed by atoms with Crippen molar-refractivity contribution in [1.82, 2.24) is 0 Å². The molecule has 0 radical (unpaired) electrons. The Morgan fingerprint density at radius 3 is 2.85 bits per heavy atom. The van der Waals surface area contributed by atoms with Crippen LogP contribution in [0.5, 0.6) is 0 Å². The number of rotatable bonds is 2. The van der Waals surface area contributed by atoms with Crippen molar-refractivity contribution in [3.8, 4) is 0 Å². The molecule has 2 aliphatic rings. The third-order valence-corrected chi connectivity index (χ3v) is 3.37. The maximum atomic E-state index is 10.4. The molecular formula is C11H20O2. The van der Waals surface area contributed by atoms with Crippen molar-refractivity contribution in [2.75, 3.05) is 0 Å². The van der Waals surface area contributed by atoms with E-state index in [9.17, 15) is 5.11 Å². The van der Waals surface area contributed by atoms with Gasteiger partial charge < -0.3 is 9.84 Å². The molecule has 76 valence electrons. The lowest BCUT2D eigenvalue weighted by molar-refractivity contribution is -0.150. The Bertz CT molecular complexity index is 191. The molecule has 0 amide bonds. The minimum Gasteiger partial charge on any atom is -0.387 e. The molecule has 0 saturated carbocycles. The van der Waals surface area contributed by atoms with E-state index >= 15 is 0 Å². The predicted molar refractivity (Wildman–Crippen MR) is 51.5 cm³/mol. The lowest BCUT2D eigenvalue weighted by atomic mass is 9.82. The Morgan fingerprint density at radius 1 is 1.38 bits per heavy atom. The van der Waals surface area contributed by atoms with Crippen molar-refractivity contribution in [3.05, 3.63) is 0 Å². The fourth-order valence-electron chi connectivity index (χ4n) is 2.83. The van der Waals surface area contributed by atoms with Gasteiger partial charge in [0.1, 0.15) is 0 Å². The molecule has 1 N–H and O–H groups in total. The molecule has 2 aliphatic heterocycles. The minimum absolute atomic E-state index is 0.133. The second-order valence-corrected chi connectivity index (χ2v) is 5.06. The van der Waals surface area contributed by atoms with Crippen LogP contribution in [0.3, 0.4) is 0 Å². The van der Waals surface area contributed by atoms with Crippen molar-refractivity contribution in [2.24, 2.45) is 5.92 Å². The monoisotopic (exact) mass is 184 g/mol. The summed E-state index contributed by atoms with van der Waals surface area (Å²) in [5.41, 5.74) is -0.513. The number of hydrogen-bond donors (Lipinski definition) is 1. The quantitative estimate of drug-likeness (QED) is 0.712. The summed E-state index contributed by atoms with van der Waals surface area (Å²) in [4.78, 5) is 0. The molecule has 0 aliphatic carbocycles. The van der Waals surface area contributed by atoms with Crippen molar-refractivity contribution in [1.29, 1.82) is 0 Å². The molecule has 0 spiro atoms. The number of aliphatic hydroxyl groups is 1. The SMILES string of the molecule is CC(C)CC1(O)CCC2CCC1O2. The Kier molecular flexibility index (Phi) is 2.37. The normalized spacial score (nSPS) is 44.3. The van der Waals surface area contributed by atoms with Crippen molar-refractivity contribution in [3.63, 3.8) is 0 Å². The molecule has 3 unspecified atom stereocenters.